The number of carboxylic acids is 1. The van der Waals surface area contributed by atoms with Gasteiger partial charge in [0, 0.05) is 19.7 Å². The number of carboxylic acid groups (broad SMARTS) is 1. The summed E-state index contributed by atoms with van der Waals surface area (Å²) in [6, 6.07) is 1.03. The fourth-order valence-electron chi connectivity index (χ4n) is 1.94. The van der Waals surface area contributed by atoms with Crippen molar-refractivity contribution in [1.82, 2.24) is 4.31 Å². The summed E-state index contributed by atoms with van der Waals surface area (Å²) in [6.45, 7) is 0.447. The lowest BCUT2D eigenvalue weighted by Gasteiger charge is -2.29. The molecule has 1 heterocycles. The maximum absolute atomic E-state index is 12.3. The van der Waals surface area contributed by atoms with Gasteiger partial charge in [0.1, 0.15) is 4.90 Å². The van der Waals surface area contributed by atoms with E-state index < -0.39 is 21.8 Å². The Morgan fingerprint density at radius 3 is 2.63 bits per heavy atom. The van der Waals surface area contributed by atoms with Gasteiger partial charge < -0.3 is 9.52 Å². The van der Waals surface area contributed by atoms with E-state index in [1.165, 1.54) is 11.4 Å². The summed E-state index contributed by atoms with van der Waals surface area (Å²) in [5, 5.41) is 8.80. The normalized spacial score (nSPS) is 16.6. The van der Waals surface area contributed by atoms with Crippen LogP contribution in [0, 0.1) is 5.92 Å². The van der Waals surface area contributed by atoms with Crippen LogP contribution in [0.25, 0.3) is 0 Å². The Labute approximate surface area is 119 Å². The molecule has 1 aliphatic carbocycles. The summed E-state index contributed by atoms with van der Waals surface area (Å²) < 4.78 is 30.7. The molecule has 106 valence electrons. The van der Waals surface area contributed by atoms with Crippen molar-refractivity contribution in [2.45, 2.75) is 24.2 Å². The first-order valence-electron chi connectivity index (χ1n) is 5.81. The number of nitrogens with zero attached hydrogens (tertiary/aromatic N) is 1. The minimum absolute atomic E-state index is 0.0784. The molecule has 1 aromatic heterocycles. The molecular formula is C11H14BrNO5S. The van der Waals surface area contributed by atoms with Gasteiger partial charge in [-0.15, -0.1) is 0 Å². The number of sulfonamides is 1. The van der Waals surface area contributed by atoms with Gasteiger partial charge in [-0.3, -0.25) is 0 Å². The molecule has 1 fully saturated rings. The van der Waals surface area contributed by atoms with Crippen molar-refractivity contribution in [3.05, 3.63) is 16.5 Å². The molecule has 19 heavy (non-hydrogen) atoms. The number of aromatic carboxylic acids is 1. The largest absolute Gasteiger partial charge is 0.475 e. The van der Waals surface area contributed by atoms with Crippen LogP contribution in [-0.2, 0) is 10.0 Å². The van der Waals surface area contributed by atoms with E-state index in [9.17, 15) is 13.2 Å². The number of hydrogen-bond donors (Lipinski definition) is 1. The molecule has 0 saturated heterocycles. The van der Waals surface area contributed by atoms with E-state index in [2.05, 4.69) is 15.9 Å². The van der Waals surface area contributed by atoms with Crippen molar-refractivity contribution in [3.8, 4) is 0 Å². The molecule has 0 spiro atoms. The number of halogens is 1. The smallest absolute Gasteiger partial charge is 0.371 e. The summed E-state index contributed by atoms with van der Waals surface area (Å²) in [4.78, 5) is 10.6. The van der Waals surface area contributed by atoms with E-state index in [0.717, 1.165) is 25.3 Å². The van der Waals surface area contributed by atoms with Gasteiger partial charge in [-0.05, 0) is 34.7 Å². The second-order valence-electron chi connectivity index (χ2n) is 4.64. The van der Waals surface area contributed by atoms with Gasteiger partial charge in [0.2, 0.25) is 15.8 Å². The average Bonchev–Trinajstić information content (AvgIpc) is 2.66. The van der Waals surface area contributed by atoms with Crippen LogP contribution in [0.1, 0.15) is 29.8 Å². The van der Waals surface area contributed by atoms with Gasteiger partial charge in [0.05, 0.1) is 0 Å². The van der Waals surface area contributed by atoms with Gasteiger partial charge in [-0.2, -0.15) is 0 Å². The van der Waals surface area contributed by atoms with Crippen molar-refractivity contribution in [3.63, 3.8) is 0 Å². The van der Waals surface area contributed by atoms with E-state index in [-0.39, 0.29) is 9.56 Å². The third-order valence-electron chi connectivity index (χ3n) is 3.29. The highest BCUT2D eigenvalue weighted by molar-refractivity contribution is 9.10. The molecule has 0 aliphatic heterocycles. The molecule has 0 radical (unpaired) electrons. The second kappa shape index (κ2) is 5.26. The van der Waals surface area contributed by atoms with Crippen molar-refractivity contribution in [2.75, 3.05) is 13.6 Å². The Morgan fingerprint density at radius 1 is 1.58 bits per heavy atom. The molecule has 6 nitrogen and oxygen atoms in total. The van der Waals surface area contributed by atoms with Gasteiger partial charge in [0.15, 0.2) is 4.67 Å². The first-order chi connectivity index (χ1) is 8.82. The SMILES string of the molecule is CN(CC1CCC1)S(=O)(=O)c1cc(C(=O)O)oc1Br. The molecule has 0 bridgehead atoms. The summed E-state index contributed by atoms with van der Waals surface area (Å²) >= 11 is 2.95. The number of hydrogen-bond acceptors (Lipinski definition) is 4. The third kappa shape index (κ3) is 2.85. The number of furan rings is 1. The summed E-state index contributed by atoms with van der Waals surface area (Å²) in [5.74, 6) is -1.31. The van der Waals surface area contributed by atoms with Gasteiger partial charge in [-0.1, -0.05) is 6.42 Å². The van der Waals surface area contributed by atoms with E-state index in [1.54, 1.807) is 0 Å². The molecule has 1 N–H and O–H groups in total. The monoisotopic (exact) mass is 351 g/mol. The molecule has 1 aliphatic rings. The fourth-order valence-corrected chi connectivity index (χ4v) is 4.08. The zero-order chi connectivity index (χ0) is 14.2. The molecule has 0 atom stereocenters. The van der Waals surface area contributed by atoms with E-state index in [0.29, 0.717) is 12.5 Å². The topological polar surface area (TPSA) is 87.8 Å². The average molecular weight is 352 g/mol. The summed E-state index contributed by atoms with van der Waals surface area (Å²) in [5.41, 5.74) is 0. The minimum atomic E-state index is -3.72. The molecule has 1 aromatic rings. The van der Waals surface area contributed by atoms with E-state index >= 15 is 0 Å². The van der Waals surface area contributed by atoms with Crippen LogP contribution in [0.5, 0.6) is 0 Å². The van der Waals surface area contributed by atoms with Crippen molar-refractivity contribution in [1.29, 1.82) is 0 Å². The Balaban J connectivity index is 2.25. The lowest BCUT2D eigenvalue weighted by Crippen LogP contribution is -2.34. The fraction of sp³-hybridized carbons (Fsp3) is 0.545. The van der Waals surface area contributed by atoms with Crippen LogP contribution in [-0.4, -0.2) is 37.4 Å². The van der Waals surface area contributed by atoms with Crippen LogP contribution < -0.4 is 0 Å². The molecule has 2 rings (SSSR count). The van der Waals surface area contributed by atoms with E-state index in [4.69, 9.17) is 9.52 Å². The first kappa shape index (κ1) is 14.5. The number of carbonyl (C=O) groups is 1. The van der Waals surface area contributed by atoms with Crippen LogP contribution >= 0.6 is 15.9 Å². The molecular weight excluding hydrogens is 338 g/mol. The Morgan fingerprint density at radius 2 is 2.21 bits per heavy atom. The molecule has 8 heteroatoms. The highest BCUT2D eigenvalue weighted by Gasteiger charge is 2.31. The maximum Gasteiger partial charge on any atom is 0.371 e. The summed E-state index contributed by atoms with van der Waals surface area (Å²) in [7, 11) is -2.23. The maximum atomic E-state index is 12.3. The standard InChI is InChI=1S/C11H14BrNO5S/c1-13(6-7-3-2-4-7)19(16,17)9-5-8(11(14)15)18-10(9)12/h5,7H,2-4,6H2,1H3,(H,14,15). The van der Waals surface area contributed by atoms with Gasteiger partial charge >= 0.3 is 5.97 Å². The quantitative estimate of drug-likeness (QED) is 0.877. The van der Waals surface area contributed by atoms with Crippen molar-refractivity contribution >= 4 is 31.9 Å². The second-order valence-corrected chi connectivity index (χ2v) is 7.37. The Hall–Kier alpha value is -0.860. The van der Waals surface area contributed by atoms with Crippen LogP contribution in [0.15, 0.2) is 20.0 Å². The zero-order valence-electron chi connectivity index (χ0n) is 10.3. The molecule has 0 aromatic carbocycles. The molecule has 0 amide bonds. The lowest BCUT2D eigenvalue weighted by molar-refractivity contribution is 0.0661. The Bertz CT molecular complexity index is 590. The van der Waals surface area contributed by atoms with Crippen LogP contribution in [0.4, 0.5) is 0 Å². The van der Waals surface area contributed by atoms with Gasteiger partial charge in [-0.25, -0.2) is 17.5 Å². The first-order valence-corrected chi connectivity index (χ1v) is 8.04. The lowest BCUT2D eigenvalue weighted by atomic mass is 9.86. The Kier molecular flexibility index (Phi) is 4.03. The van der Waals surface area contributed by atoms with Crippen molar-refractivity contribution < 1.29 is 22.7 Å². The molecule has 0 unspecified atom stereocenters. The van der Waals surface area contributed by atoms with Crippen molar-refractivity contribution in [2.24, 2.45) is 5.92 Å². The summed E-state index contributed by atoms with van der Waals surface area (Å²) in [6.07, 6.45) is 3.21. The molecule has 1 saturated carbocycles. The van der Waals surface area contributed by atoms with Crippen LogP contribution in [0.3, 0.4) is 0 Å². The minimum Gasteiger partial charge on any atom is -0.475 e. The highest BCUT2D eigenvalue weighted by Crippen LogP contribution is 2.31. The van der Waals surface area contributed by atoms with Gasteiger partial charge in [0.25, 0.3) is 0 Å². The highest BCUT2D eigenvalue weighted by atomic mass is 79.9. The number of rotatable bonds is 5. The predicted molar refractivity (Wildman–Crippen MR) is 70.5 cm³/mol. The third-order valence-corrected chi connectivity index (χ3v) is 5.97. The van der Waals surface area contributed by atoms with Crippen LogP contribution in [0.2, 0.25) is 0 Å². The van der Waals surface area contributed by atoms with E-state index in [1.807, 2.05) is 0 Å². The zero-order valence-corrected chi connectivity index (χ0v) is 12.7. The predicted octanol–water partition coefficient (Wildman–Crippen LogP) is 2.16.